The Labute approximate surface area is 132 Å². The molecule has 1 aliphatic rings. The molecule has 4 nitrogen and oxygen atoms in total. The van der Waals surface area contributed by atoms with E-state index in [0.29, 0.717) is 10.9 Å². The van der Waals surface area contributed by atoms with Gasteiger partial charge in [0.05, 0.1) is 6.54 Å². The Morgan fingerprint density at radius 2 is 2.14 bits per heavy atom. The summed E-state index contributed by atoms with van der Waals surface area (Å²) in [6.45, 7) is 6.98. The first-order chi connectivity index (χ1) is 10.4. The molecule has 22 heavy (non-hydrogen) atoms. The van der Waals surface area contributed by atoms with E-state index in [1.54, 1.807) is 0 Å². The molecular formula is C14H21F3N4S. The van der Waals surface area contributed by atoms with Gasteiger partial charge in [-0.2, -0.15) is 13.2 Å². The molecule has 0 radical (unpaired) electrons. The fraction of sp³-hybridized carbons (Fsp3) is 0.714. The van der Waals surface area contributed by atoms with Crippen molar-refractivity contribution in [2.75, 3.05) is 19.6 Å². The monoisotopic (exact) mass is 334 g/mol. The first-order valence-corrected chi connectivity index (χ1v) is 8.33. The maximum absolute atomic E-state index is 12.5. The van der Waals surface area contributed by atoms with Gasteiger partial charge in [-0.3, -0.25) is 0 Å². The maximum Gasteiger partial charge on any atom is 0.434 e. The third-order valence-electron chi connectivity index (χ3n) is 3.62. The van der Waals surface area contributed by atoms with E-state index in [1.807, 2.05) is 6.92 Å². The Hall–Kier alpha value is -1.31. The number of hydrogen-bond acceptors (Lipinski definition) is 3. The van der Waals surface area contributed by atoms with Crippen molar-refractivity contribution in [2.24, 2.45) is 10.9 Å². The summed E-state index contributed by atoms with van der Waals surface area (Å²) in [6, 6.07) is 0. The summed E-state index contributed by atoms with van der Waals surface area (Å²) in [5, 5.41) is 4.63. The second-order valence-corrected chi connectivity index (χ2v) is 6.41. The van der Waals surface area contributed by atoms with E-state index >= 15 is 0 Å². The highest BCUT2D eigenvalue weighted by atomic mass is 32.1. The second kappa shape index (κ2) is 7.30. The number of alkyl halides is 3. The molecule has 1 fully saturated rings. The van der Waals surface area contributed by atoms with Gasteiger partial charge in [-0.25, -0.2) is 9.98 Å². The average Bonchev–Trinajstić information content (AvgIpc) is 2.93. The van der Waals surface area contributed by atoms with Crippen LogP contribution in [0, 0.1) is 5.92 Å². The van der Waals surface area contributed by atoms with Gasteiger partial charge in [-0.1, -0.05) is 6.92 Å². The summed E-state index contributed by atoms with van der Waals surface area (Å²) < 4.78 is 37.6. The zero-order chi connectivity index (χ0) is 16.2. The molecule has 0 spiro atoms. The lowest BCUT2D eigenvalue weighted by Gasteiger charge is -2.32. The maximum atomic E-state index is 12.5. The first kappa shape index (κ1) is 17.1. The summed E-state index contributed by atoms with van der Waals surface area (Å²) in [4.78, 5) is 10.2. The highest BCUT2D eigenvalue weighted by Crippen LogP contribution is 2.30. The van der Waals surface area contributed by atoms with Crippen LogP contribution in [0.2, 0.25) is 0 Å². The molecule has 0 unspecified atom stereocenters. The molecule has 1 saturated heterocycles. The fourth-order valence-corrected chi connectivity index (χ4v) is 3.03. The number of thiazole rings is 1. The number of piperidine rings is 1. The molecule has 124 valence electrons. The Morgan fingerprint density at radius 3 is 2.68 bits per heavy atom. The van der Waals surface area contributed by atoms with Crippen molar-refractivity contribution in [3.05, 3.63) is 16.1 Å². The summed E-state index contributed by atoms with van der Waals surface area (Å²) in [7, 11) is 0. The molecule has 2 rings (SSSR count). The standard InChI is InChI=1S/C14H21F3N4S/c1-3-18-13(21-6-4-10(2)5-7-21)19-8-12-20-11(9-22-12)14(15,16)17/h9-10H,3-8H2,1-2H3,(H,18,19). The van der Waals surface area contributed by atoms with Crippen LogP contribution < -0.4 is 5.32 Å². The molecule has 1 aromatic heterocycles. The fourth-order valence-electron chi connectivity index (χ4n) is 2.30. The molecule has 0 amide bonds. The van der Waals surface area contributed by atoms with E-state index in [9.17, 15) is 13.2 Å². The number of rotatable bonds is 3. The lowest BCUT2D eigenvalue weighted by Crippen LogP contribution is -2.45. The second-order valence-electron chi connectivity index (χ2n) is 5.46. The van der Waals surface area contributed by atoms with E-state index in [4.69, 9.17) is 0 Å². The Morgan fingerprint density at radius 1 is 1.45 bits per heavy atom. The number of likely N-dealkylation sites (tertiary alicyclic amines) is 1. The van der Waals surface area contributed by atoms with Crippen molar-refractivity contribution in [3.63, 3.8) is 0 Å². The Kier molecular flexibility index (Phi) is 5.66. The summed E-state index contributed by atoms with van der Waals surface area (Å²) in [5.41, 5.74) is -0.834. The van der Waals surface area contributed by atoms with E-state index in [1.165, 1.54) is 0 Å². The van der Waals surface area contributed by atoms with Gasteiger partial charge in [0.1, 0.15) is 5.01 Å². The Bertz CT molecular complexity index is 504. The highest BCUT2D eigenvalue weighted by molar-refractivity contribution is 7.09. The number of nitrogens with one attached hydrogen (secondary N) is 1. The minimum Gasteiger partial charge on any atom is -0.357 e. The third-order valence-corrected chi connectivity index (χ3v) is 4.46. The summed E-state index contributed by atoms with van der Waals surface area (Å²) in [6.07, 6.45) is -2.16. The van der Waals surface area contributed by atoms with Crippen LogP contribution in [0.1, 0.15) is 37.4 Å². The quantitative estimate of drug-likeness (QED) is 0.681. The highest BCUT2D eigenvalue weighted by Gasteiger charge is 2.33. The van der Waals surface area contributed by atoms with E-state index in [0.717, 1.165) is 55.2 Å². The minimum absolute atomic E-state index is 0.176. The molecule has 0 atom stereocenters. The van der Waals surface area contributed by atoms with E-state index in [2.05, 4.69) is 27.1 Å². The van der Waals surface area contributed by atoms with Crippen LogP contribution >= 0.6 is 11.3 Å². The van der Waals surface area contributed by atoms with Gasteiger partial charge >= 0.3 is 6.18 Å². The van der Waals surface area contributed by atoms with Crippen molar-refractivity contribution >= 4 is 17.3 Å². The van der Waals surface area contributed by atoms with E-state index < -0.39 is 11.9 Å². The Balaban J connectivity index is 2.02. The molecule has 8 heteroatoms. The predicted octanol–water partition coefficient (Wildman–Crippen LogP) is 3.36. The SMILES string of the molecule is CCNC(=NCc1nc(C(F)(F)F)cs1)N1CCC(C)CC1. The van der Waals surface area contributed by atoms with Gasteiger partial charge in [0, 0.05) is 25.0 Å². The van der Waals surface area contributed by atoms with Gasteiger partial charge in [0.15, 0.2) is 11.7 Å². The van der Waals surface area contributed by atoms with Crippen molar-refractivity contribution in [2.45, 2.75) is 39.4 Å². The number of aromatic nitrogens is 1. The van der Waals surface area contributed by atoms with Crippen molar-refractivity contribution in [1.82, 2.24) is 15.2 Å². The topological polar surface area (TPSA) is 40.5 Å². The molecule has 0 saturated carbocycles. The van der Waals surface area contributed by atoms with Gasteiger partial charge in [0.2, 0.25) is 0 Å². The van der Waals surface area contributed by atoms with Crippen LogP contribution in [0.4, 0.5) is 13.2 Å². The van der Waals surface area contributed by atoms with Crippen LogP contribution in [-0.4, -0.2) is 35.5 Å². The van der Waals surface area contributed by atoms with Crippen LogP contribution in [0.5, 0.6) is 0 Å². The van der Waals surface area contributed by atoms with Gasteiger partial charge in [-0.05, 0) is 25.7 Å². The molecular weight excluding hydrogens is 313 g/mol. The average molecular weight is 334 g/mol. The molecule has 0 aromatic carbocycles. The molecule has 0 aliphatic carbocycles. The number of aliphatic imine (C=N–C) groups is 1. The van der Waals surface area contributed by atoms with Crippen LogP contribution in [0.3, 0.4) is 0 Å². The summed E-state index contributed by atoms with van der Waals surface area (Å²) in [5.74, 6) is 1.48. The lowest BCUT2D eigenvalue weighted by molar-refractivity contribution is -0.140. The number of halogens is 3. The third kappa shape index (κ3) is 4.59. The normalized spacial score (nSPS) is 17.9. The van der Waals surface area contributed by atoms with Gasteiger partial charge in [-0.15, -0.1) is 11.3 Å². The van der Waals surface area contributed by atoms with Gasteiger partial charge < -0.3 is 10.2 Å². The van der Waals surface area contributed by atoms with Crippen LogP contribution in [-0.2, 0) is 12.7 Å². The molecule has 0 bridgehead atoms. The lowest BCUT2D eigenvalue weighted by atomic mass is 10.00. The smallest absolute Gasteiger partial charge is 0.357 e. The first-order valence-electron chi connectivity index (χ1n) is 7.45. The van der Waals surface area contributed by atoms with Gasteiger partial charge in [0.25, 0.3) is 0 Å². The van der Waals surface area contributed by atoms with E-state index in [-0.39, 0.29) is 6.54 Å². The van der Waals surface area contributed by atoms with Crippen molar-refractivity contribution in [1.29, 1.82) is 0 Å². The molecule has 1 N–H and O–H groups in total. The minimum atomic E-state index is -4.38. The molecule has 1 aromatic rings. The van der Waals surface area contributed by atoms with Crippen molar-refractivity contribution < 1.29 is 13.2 Å². The zero-order valence-electron chi connectivity index (χ0n) is 12.8. The van der Waals surface area contributed by atoms with Crippen LogP contribution in [0.25, 0.3) is 0 Å². The zero-order valence-corrected chi connectivity index (χ0v) is 13.6. The summed E-state index contributed by atoms with van der Waals surface area (Å²) >= 11 is 0.999. The molecule has 1 aliphatic heterocycles. The van der Waals surface area contributed by atoms with Crippen molar-refractivity contribution in [3.8, 4) is 0 Å². The van der Waals surface area contributed by atoms with Crippen LogP contribution in [0.15, 0.2) is 10.4 Å². The molecule has 2 heterocycles. The number of nitrogens with zero attached hydrogens (tertiary/aromatic N) is 3. The predicted molar refractivity (Wildman–Crippen MR) is 81.9 cm³/mol. The number of hydrogen-bond donors (Lipinski definition) is 1. The largest absolute Gasteiger partial charge is 0.434 e. The number of guanidine groups is 1.